The van der Waals surface area contributed by atoms with Crippen molar-refractivity contribution >= 4 is 5.91 Å². The highest BCUT2D eigenvalue weighted by Crippen LogP contribution is 2.36. The molecule has 0 spiro atoms. The summed E-state index contributed by atoms with van der Waals surface area (Å²) in [4.78, 5) is 11.6. The van der Waals surface area contributed by atoms with Crippen molar-refractivity contribution in [1.29, 1.82) is 0 Å². The first kappa shape index (κ1) is 9.24. The van der Waals surface area contributed by atoms with Crippen molar-refractivity contribution in [2.24, 2.45) is 11.8 Å². The highest BCUT2D eigenvalue weighted by Gasteiger charge is 2.32. The van der Waals surface area contributed by atoms with Gasteiger partial charge in [0.05, 0.1) is 11.8 Å². The van der Waals surface area contributed by atoms with Crippen LogP contribution in [0, 0.1) is 18.8 Å². The standard InChI is InChI=1S/C10H15N3O/c1-6-3-8(6)4-11-10(14)9-5-12-13-7(9)2/h5-6,8H,3-4H2,1-2H3,(H,11,14)(H,12,13). The van der Waals surface area contributed by atoms with E-state index in [1.165, 1.54) is 6.42 Å². The maximum atomic E-state index is 11.6. The smallest absolute Gasteiger partial charge is 0.254 e. The van der Waals surface area contributed by atoms with Crippen molar-refractivity contribution in [1.82, 2.24) is 15.5 Å². The number of H-pyrrole nitrogens is 1. The number of nitrogens with one attached hydrogen (secondary N) is 2. The van der Waals surface area contributed by atoms with Gasteiger partial charge in [-0.25, -0.2) is 0 Å². The van der Waals surface area contributed by atoms with Crippen molar-refractivity contribution in [3.8, 4) is 0 Å². The molecule has 0 aliphatic heterocycles. The number of rotatable bonds is 3. The first-order chi connectivity index (χ1) is 6.68. The SMILES string of the molecule is Cc1[nH]ncc1C(=O)NCC1CC1C. The van der Waals surface area contributed by atoms with Crippen molar-refractivity contribution < 1.29 is 4.79 Å². The molecule has 0 bridgehead atoms. The van der Waals surface area contributed by atoms with Crippen LogP contribution in [-0.2, 0) is 0 Å². The van der Waals surface area contributed by atoms with Gasteiger partial charge >= 0.3 is 0 Å². The van der Waals surface area contributed by atoms with Gasteiger partial charge in [-0.1, -0.05) is 6.92 Å². The van der Waals surface area contributed by atoms with Gasteiger partial charge in [0.2, 0.25) is 0 Å². The lowest BCUT2D eigenvalue weighted by Crippen LogP contribution is -2.26. The van der Waals surface area contributed by atoms with Crippen LogP contribution in [0.2, 0.25) is 0 Å². The van der Waals surface area contributed by atoms with Crippen LogP contribution in [0.5, 0.6) is 0 Å². The van der Waals surface area contributed by atoms with Crippen molar-refractivity contribution in [2.45, 2.75) is 20.3 Å². The summed E-state index contributed by atoms with van der Waals surface area (Å²) in [6.07, 6.45) is 2.81. The van der Waals surface area contributed by atoms with Crippen LogP contribution < -0.4 is 5.32 Å². The third kappa shape index (κ3) is 1.78. The molecule has 1 aromatic rings. The quantitative estimate of drug-likeness (QED) is 0.755. The number of aromatic amines is 1. The van der Waals surface area contributed by atoms with Crippen LogP contribution in [0.3, 0.4) is 0 Å². The lowest BCUT2D eigenvalue weighted by molar-refractivity contribution is 0.0951. The highest BCUT2D eigenvalue weighted by molar-refractivity contribution is 5.94. The summed E-state index contributed by atoms with van der Waals surface area (Å²) in [6, 6.07) is 0. The second-order valence-electron chi connectivity index (χ2n) is 4.09. The average molecular weight is 193 g/mol. The summed E-state index contributed by atoms with van der Waals surface area (Å²) in [6.45, 7) is 4.85. The second-order valence-corrected chi connectivity index (χ2v) is 4.09. The van der Waals surface area contributed by atoms with E-state index in [9.17, 15) is 4.79 Å². The van der Waals surface area contributed by atoms with Crippen LogP contribution in [0.15, 0.2) is 6.20 Å². The molecule has 1 amide bonds. The van der Waals surface area contributed by atoms with Crippen LogP contribution in [0.1, 0.15) is 29.4 Å². The van der Waals surface area contributed by atoms with Gasteiger partial charge in [-0.15, -0.1) is 0 Å². The highest BCUT2D eigenvalue weighted by atomic mass is 16.1. The Bertz CT molecular complexity index is 345. The van der Waals surface area contributed by atoms with E-state index in [-0.39, 0.29) is 5.91 Å². The van der Waals surface area contributed by atoms with Crippen molar-refractivity contribution in [3.63, 3.8) is 0 Å². The molecule has 1 aliphatic rings. The number of aryl methyl sites for hydroxylation is 1. The Morgan fingerprint density at radius 1 is 1.79 bits per heavy atom. The Labute approximate surface area is 83.1 Å². The van der Waals surface area contributed by atoms with Gasteiger partial charge in [0.1, 0.15) is 0 Å². The van der Waals surface area contributed by atoms with Gasteiger partial charge in [0.25, 0.3) is 5.91 Å². The molecule has 0 aromatic carbocycles. The summed E-state index contributed by atoms with van der Waals surface area (Å²) in [5.74, 6) is 1.45. The van der Waals surface area contributed by atoms with Gasteiger partial charge in [-0.2, -0.15) is 5.10 Å². The number of nitrogens with zero attached hydrogens (tertiary/aromatic N) is 1. The van der Waals surface area contributed by atoms with Gasteiger partial charge in [0.15, 0.2) is 0 Å². The Hall–Kier alpha value is -1.32. The van der Waals surface area contributed by atoms with Gasteiger partial charge in [0, 0.05) is 12.2 Å². The molecule has 2 N–H and O–H groups in total. The summed E-state index contributed by atoms with van der Waals surface area (Å²) >= 11 is 0. The topological polar surface area (TPSA) is 57.8 Å². The van der Waals surface area contributed by atoms with Crippen molar-refractivity contribution in [2.75, 3.05) is 6.54 Å². The van der Waals surface area contributed by atoms with Crippen molar-refractivity contribution in [3.05, 3.63) is 17.5 Å². The molecule has 76 valence electrons. The molecule has 4 nitrogen and oxygen atoms in total. The third-order valence-corrected chi connectivity index (χ3v) is 2.88. The van der Waals surface area contributed by atoms with E-state index in [0.717, 1.165) is 18.2 Å². The molecule has 2 atom stereocenters. The van der Waals surface area contributed by atoms with E-state index in [2.05, 4.69) is 22.4 Å². The summed E-state index contributed by atoms with van der Waals surface area (Å²) in [7, 11) is 0. The zero-order valence-electron chi connectivity index (χ0n) is 8.50. The molecule has 1 fully saturated rings. The minimum absolute atomic E-state index is 0.0182. The monoisotopic (exact) mass is 193 g/mol. The molecule has 1 aliphatic carbocycles. The molecular formula is C10H15N3O. The first-order valence-electron chi connectivity index (χ1n) is 4.96. The molecule has 0 radical (unpaired) electrons. The average Bonchev–Trinajstić information content (AvgIpc) is 2.67. The van der Waals surface area contributed by atoms with Crippen LogP contribution in [0.25, 0.3) is 0 Å². The second kappa shape index (κ2) is 3.44. The fraction of sp³-hybridized carbons (Fsp3) is 0.600. The predicted octanol–water partition coefficient (Wildman–Crippen LogP) is 1.10. The predicted molar refractivity (Wildman–Crippen MR) is 52.9 cm³/mol. The zero-order chi connectivity index (χ0) is 10.1. The maximum Gasteiger partial charge on any atom is 0.254 e. The van der Waals surface area contributed by atoms with E-state index >= 15 is 0 Å². The van der Waals surface area contributed by atoms with E-state index in [1.807, 2.05) is 6.92 Å². The fourth-order valence-corrected chi connectivity index (χ4v) is 1.58. The van der Waals surface area contributed by atoms with E-state index in [1.54, 1.807) is 6.20 Å². The molecule has 4 heteroatoms. The number of hydrogen-bond donors (Lipinski definition) is 2. The summed E-state index contributed by atoms with van der Waals surface area (Å²) in [5, 5.41) is 9.48. The molecule has 1 heterocycles. The Kier molecular flexibility index (Phi) is 2.27. The largest absolute Gasteiger partial charge is 0.352 e. The lowest BCUT2D eigenvalue weighted by atomic mass is 10.2. The number of hydrogen-bond acceptors (Lipinski definition) is 2. The lowest BCUT2D eigenvalue weighted by Gasteiger charge is -2.02. The number of carbonyl (C=O) groups is 1. The van der Waals surface area contributed by atoms with E-state index < -0.39 is 0 Å². The molecule has 14 heavy (non-hydrogen) atoms. The Balaban J connectivity index is 1.87. The fourth-order valence-electron chi connectivity index (χ4n) is 1.58. The minimum Gasteiger partial charge on any atom is -0.352 e. The summed E-state index contributed by atoms with van der Waals surface area (Å²) < 4.78 is 0. The Morgan fingerprint density at radius 3 is 3.00 bits per heavy atom. The van der Waals surface area contributed by atoms with E-state index in [4.69, 9.17) is 0 Å². The van der Waals surface area contributed by atoms with Crippen LogP contribution in [0.4, 0.5) is 0 Å². The first-order valence-corrected chi connectivity index (χ1v) is 4.96. The number of amides is 1. The molecule has 0 saturated heterocycles. The third-order valence-electron chi connectivity index (χ3n) is 2.88. The van der Waals surface area contributed by atoms with Gasteiger partial charge < -0.3 is 5.32 Å². The maximum absolute atomic E-state index is 11.6. The van der Waals surface area contributed by atoms with Crippen LogP contribution in [-0.4, -0.2) is 22.6 Å². The van der Waals surface area contributed by atoms with Crippen LogP contribution >= 0.6 is 0 Å². The molecule has 1 aromatic heterocycles. The minimum atomic E-state index is -0.0182. The molecule has 2 rings (SSSR count). The van der Waals surface area contributed by atoms with E-state index in [0.29, 0.717) is 11.5 Å². The zero-order valence-corrected chi connectivity index (χ0v) is 8.50. The molecular weight excluding hydrogens is 178 g/mol. The molecule has 2 unspecified atom stereocenters. The van der Waals surface area contributed by atoms with Gasteiger partial charge in [-0.3, -0.25) is 9.89 Å². The number of carbonyl (C=O) groups excluding carboxylic acids is 1. The normalized spacial score (nSPS) is 24.7. The number of aromatic nitrogens is 2. The Morgan fingerprint density at radius 2 is 2.50 bits per heavy atom. The molecule has 1 saturated carbocycles. The summed E-state index contributed by atoms with van der Waals surface area (Å²) in [5.41, 5.74) is 1.48. The van der Waals surface area contributed by atoms with Gasteiger partial charge in [-0.05, 0) is 25.2 Å².